The van der Waals surface area contributed by atoms with E-state index in [1.165, 1.54) is 16.4 Å². The van der Waals surface area contributed by atoms with E-state index in [9.17, 15) is 12.8 Å². The first-order chi connectivity index (χ1) is 8.82. The second kappa shape index (κ2) is 6.39. The summed E-state index contributed by atoms with van der Waals surface area (Å²) in [6.07, 6.45) is 0.634. The highest BCUT2D eigenvalue weighted by molar-refractivity contribution is 7.89. The Hall–Kier alpha value is -0.690. The van der Waals surface area contributed by atoms with Gasteiger partial charge in [-0.3, -0.25) is 0 Å². The van der Waals surface area contributed by atoms with Gasteiger partial charge in [-0.25, -0.2) is 12.8 Å². The van der Waals surface area contributed by atoms with E-state index in [4.69, 9.17) is 5.73 Å². The van der Waals surface area contributed by atoms with Crippen molar-refractivity contribution in [2.75, 3.05) is 13.1 Å². The molecule has 20 heavy (non-hydrogen) atoms. The Labute approximate surface area is 125 Å². The van der Waals surface area contributed by atoms with Crippen LogP contribution in [0.2, 0.25) is 0 Å². The van der Waals surface area contributed by atoms with Crippen LogP contribution in [0, 0.1) is 18.7 Å². The third-order valence-electron chi connectivity index (χ3n) is 3.72. The van der Waals surface area contributed by atoms with Gasteiger partial charge in [0.1, 0.15) is 5.82 Å². The lowest BCUT2D eigenvalue weighted by Gasteiger charge is -2.34. The van der Waals surface area contributed by atoms with Gasteiger partial charge < -0.3 is 5.73 Å². The molecule has 2 unspecified atom stereocenters. The standard InChI is InChI=1S/C13H19FN2O2S.ClH/c1-9-3-4-11(7-12(9)14)19(17,18)16-6-5-13(15)10(2)8-16;/h3-4,7,10,13H,5-6,8,15H2,1-2H3;1H. The predicted octanol–water partition coefficient (Wildman–Crippen LogP) is 1.91. The minimum Gasteiger partial charge on any atom is -0.327 e. The van der Waals surface area contributed by atoms with Crippen molar-refractivity contribution in [1.82, 2.24) is 4.31 Å². The highest BCUT2D eigenvalue weighted by Gasteiger charge is 2.32. The van der Waals surface area contributed by atoms with Gasteiger partial charge >= 0.3 is 0 Å². The fourth-order valence-electron chi connectivity index (χ4n) is 2.23. The molecule has 0 aromatic heterocycles. The Kier molecular flexibility index (Phi) is 5.54. The molecule has 0 saturated carbocycles. The largest absolute Gasteiger partial charge is 0.327 e. The Balaban J connectivity index is 0.00000200. The molecular formula is C13H20ClFN2O2S. The fourth-order valence-corrected chi connectivity index (χ4v) is 3.79. The summed E-state index contributed by atoms with van der Waals surface area (Å²) in [6.45, 7) is 4.32. The second-order valence-corrected chi connectivity index (χ2v) is 7.14. The SMILES string of the molecule is Cc1ccc(S(=O)(=O)N2CCC(N)C(C)C2)cc1F.Cl. The zero-order chi connectivity index (χ0) is 14.2. The topological polar surface area (TPSA) is 63.4 Å². The van der Waals surface area contributed by atoms with Crippen LogP contribution in [0.15, 0.2) is 23.1 Å². The molecule has 7 heteroatoms. The maximum absolute atomic E-state index is 13.5. The van der Waals surface area contributed by atoms with E-state index in [1.807, 2.05) is 6.92 Å². The normalized spacial score (nSPS) is 24.2. The van der Waals surface area contributed by atoms with E-state index < -0.39 is 15.8 Å². The lowest BCUT2D eigenvalue weighted by Crippen LogP contribution is -2.48. The van der Waals surface area contributed by atoms with E-state index in [1.54, 1.807) is 6.92 Å². The third kappa shape index (κ3) is 3.31. The van der Waals surface area contributed by atoms with Crippen LogP contribution in [0.5, 0.6) is 0 Å². The summed E-state index contributed by atoms with van der Waals surface area (Å²) in [6, 6.07) is 4.05. The fraction of sp³-hybridized carbons (Fsp3) is 0.538. The first-order valence-electron chi connectivity index (χ1n) is 6.34. The summed E-state index contributed by atoms with van der Waals surface area (Å²) in [5.74, 6) is -0.387. The lowest BCUT2D eigenvalue weighted by atomic mass is 9.96. The Bertz CT molecular complexity index is 580. The number of benzene rings is 1. The molecule has 0 amide bonds. The van der Waals surface area contributed by atoms with E-state index >= 15 is 0 Å². The van der Waals surface area contributed by atoms with Crippen molar-refractivity contribution in [1.29, 1.82) is 0 Å². The van der Waals surface area contributed by atoms with Gasteiger partial charge in [0.25, 0.3) is 0 Å². The molecule has 2 rings (SSSR count). The minimum atomic E-state index is -3.62. The first kappa shape index (κ1) is 17.4. The van der Waals surface area contributed by atoms with Crippen LogP contribution < -0.4 is 5.73 Å². The number of hydrogen-bond donors (Lipinski definition) is 1. The number of piperidine rings is 1. The molecule has 2 N–H and O–H groups in total. The van der Waals surface area contributed by atoms with Gasteiger partial charge in [0.15, 0.2) is 0 Å². The van der Waals surface area contributed by atoms with Crippen molar-refractivity contribution in [2.24, 2.45) is 11.7 Å². The maximum Gasteiger partial charge on any atom is 0.243 e. The molecule has 2 atom stereocenters. The zero-order valence-corrected chi connectivity index (χ0v) is 13.2. The lowest BCUT2D eigenvalue weighted by molar-refractivity contribution is 0.250. The van der Waals surface area contributed by atoms with Crippen molar-refractivity contribution in [2.45, 2.75) is 31.2 Å². The van der Waals surface area contributed by atoms with Crippen LogP contribution in [0.25, 0.3) is 0 Å². The van der Waals surface area contributed by atoms with Gasteiger partial charge in [-0.05, 0) is 37.0 Å². The molecular weight excluding hydrogens is 303 g/mol. The number of aryl methyl sites for hydroxylation is 1. The summed E-state index contributed by atoms with van der Waals surface area (Å²) < 4.78 is 39.7. The van der Waals surface area contributed by atoms with E-state index in [-0.39, 0.29) is 29.3 Å². The minimum absolute atomic E-state index is 0. The highest BCUT2D eigenvalue weighted by Crippen LogP contribution is 2.24. The van der Waals surface area contributed by atoms with Gasteiger partial charge in [-0.2, -0.15) is 4.31 Å². The number of sulfonamides is 1. The average Bonchev–Trinajstić information content (AvgIpc) is 2.35. The molecule has 0 spiro atoms. The molecule has 1 heterocycles. The molecule has 1 aromatic carbocycles. The van der Waals surface area contributed by atoms with E-state index in [0.717, 1.165) is 6.07 Å². The number of nitrogens with zero attached hydrogens (tertiary/aromatic N) is 1. The first-order valence-corrected chi connectivity index (χ1v) is 7.78. The van der Waals surface area contributed by atoms with E-state index in [0.29, 0.717) is 25.1 Å². The molecule has 1 aromatic rings. The van der Waals surface area contributed by atoms with Gasteiger partial charge in [0, 0.05) is 19.1 Å². The van der Waals surface area contributed by atoms with Gasteiger partial charge in [0.05, 0.1) is 4.90 Å². The highest BCUT2D eigenvalue weighted by atomic mass is 35.5. The Morgan fingerprint density at radius 3 is 2.60 bits per heavy atom. The molecule has 0 aliphatic carbocycles. The molecule has 0 bridgehead atoms. The molecule has 1 fully saturated rings. The molecule has 1 aliphatic rings. The van der Waals surface area contributed by atoms with Crippen molar-refractivity contribution >= 4 is 22.4 Å². The predicted molar refractivity (Wildman–Crippen MR) is 78.9 cm³/mol. The van der Waals surface area contributed by atoms with Crippen LogP contribution in [-0.2, 0) is 10.0 Å². The van der Waals surface area contributed by atoms with Crippen molar-refractivity contribution in [3.8, 4) is 0 Å². The van der Waals surface area contributed by atoms with Crippen molar-refractivity contribution < 1.29 is 12.8 Å². The van der Waals surface area contributed by atoms with Crippen molar-refractivity contribution in [3.63, 3.8) is 0 Å². The second-order valence-electron chi connectivity index (χ2n) is 5.20. The smallest absolute Gasteiger partial charge is 0.243 e. The number of halogens is 2. The van der Waals surface area contributed by atoms with Gasteiger partial charge in [-0.1, -0.05) is 13.0 Å². The van der Waals surface area contributed by atoms with Crippen LogP contribution in [0.4, 0.5) is 4.39 Å². The monoisotopic (exact) mass is 322 g/mol. The molecule has 1 aliphatic heterocycles. The van der Waals surface area contributed by atoms with Crippen LogP contribution in [0.3, 0.4) is 0 Å². The summed E-state index contributed by atoms with van der Waals surface area (Å²) in [7, 11) is -3.62. The van der Waals surface area contributed by atoms with E-state index in [2.05, 4.69) is 0 Å². The molecule has 0 radical (unpaired) electrons. The summed E-state index contributed by atoms with van der Waals surface area (Å²) in [4.78, 5) is 0.0123. The Morgan fingerprint density at radius 2 is 2.05 bits per heavy atom. The number of nitrogens with two attached hydrogens (primary N) is 1. The summed E-state index contributed by atoms with van der Waals surface area (Å²) in [5.41, 5.74) is 6.32. The van der Waals surface area contributed by atoms with Gasteiger partial charge in [-0.15, -0.1) is 12.4 Å². The zero-order valence-electron chi connectivity index (χ0n) is 11.5. The van der Waals surface area contributed by atoms with Crippen molar-refractivity contribution in [3.05, 3.63) is 29.6 Å². The third-order valence-corrected chi connectivity index (χ3v) is 5.58. The summed E-state index contributed by atoms with van der Waals surface area (Å²) >= 11 is 0. The van der Waals surface area contributed by atoms with Crippen LogP contribution in [0.1, 0.15) is 18.9 Å². The summed E-state index contributed by atoms with van der Waals surface area (Å²) in [5, 5.41) is 0. The van der Waals surface area contributed by atoms with Crippen LogP contribution >= 0.6 is 12.4 Å². The molecule has 114 valence electrons. The van der Waals surface area contributed by atoms with Gasteiger partial charge in [0.2, 0.25) is 10.0 Å². The number of rotatable bonds is 2. The molecule has 1 saturated heterocycles. The Morgan fingerprint density at radius 1 is 1.40 bits per heavy atom. The number of hydrogen-bond acceptors (Lipinski definition) is 3. The van der Waals surface area contributed by atoms with Crippen LogP contribution in [-0.4, -0.2) is 31.9 Å². The maximum atomic E-state index is 13.5. The average molecular weight is 323 g/mol. The molecule has 4 nitrogen and oxygen atoms in total. The quantitative estimate of drug-likeness (QED) is 0.904.